The van der Waals surface area contributed by atoms with Gasteiger partial charge in [0, 0.05) is 23.3 Å². The van der Waals surface area contributed by atoms with Gasteiger partial charge in [0.2, 0.25) is 5.95 Å². The summed E-state index contributed by atoms with van der Waals surface area (Å²) in [4.78, 5) is 19.5. The number of anilines is 3. The maximum Gasteiger partial charge on any atom is 0.290 e. The van der Waals surface area contributed by atoms with Crippen LogP contribution >= 0.6 is 0 Å². The SMILES string of the molecule is CC(O)COc1ccc(Nc2ncc(F)c(N[C@@H]3C[C@@H]4CCCN4C(C)(C)C3)n2)cc1-n1cnnn1.O=CO. The maximum absolute atomic E-state index is 14.7. The third-order valence-electron chi connectivity index (χ3n) is 6.83. The summed E-state index contributed by atoms with van der Waals surface area (Å²) >= 11 is 0. The molecule has 2 aromatic heterocycles. The highest BCUT2D eigenvalue weighted by Gasteiger charge is 2.43. The minimum atomic E-state index is -0.630. The number of aromatic nitrogens is 6. The number of aliphatic hydroxyl groups excluding tert-OH is 1. The Kier molecular flexibility index (Phi) is 8.86. The summed E-state index contributed by atoms with van der Waals surface area (Å²) < 4.78 is 21.9. The van der Waals surface area contributed by atoms with Crippen molar-refractivity contribution in [3.63, 3.8) is 0 Å². The van der Waals surface area contributed by atoms with E-state index in [9.17, 15) is 9.50 Å². The van der Waals surface area contributed by atoms with E-state index in [0.717, 1.165) is 19.4 Å². The highest BCUT2D eigenvalue weighted by Crippen LogP contribution is 2.38. The molecule has 0 amide bonds. The third kappa shape index (κ3) is 6.95. The summed E-state index contributed by atoms with van der Waals surface area (Å²) in [7, 11) is 0. The number of piperidine rings is 1. The second kappa shape index (κ2) is 12.3. The molecule has 210 valence electrons. The van der Waals surface area contributed by atoms with Gasteiger partial charge < -0.3 is 25.6 Å². The number of carbonyl (C=O) groups is 1. The van der Waals surface area contributed by atoms with Gasteiger partial charge in [0.15, 0.2) is 11.6 Å². The van der Waals surface area contributed by atoms with E-state index in [1.165, 1.54) is 30.0 Å². The molecular weight excluding hydrogens is 509 g/mol. The molecule has 3 atom stereocenters. The van der Waals surface area contributed by atoms with Crippen molar-refractivity contribution in [3.8, 4) is 11.4 Å². The Hall–Kier alpha value is -3.91. The number of tetrazole rings is 1. The van der Waals surface area contributed by atoms with Gasteiger partial charge in [-0.15, -0.1) is 5.10 Å². The van der Waals surface area contributed by atoms with Crippen LogP contribution in [0.5, 0.6) is 5.75 Å². The van der Waals surface area contributed by atoms with E-state index in [-0.39, 0.29) is 36.4 Å². The number of fused-ring (bicyclic) bond motifs is 1. The first-order valence-electron chi connectivity index (χ1n) is 12.8. The molecule has 2 fully saturated rings. The molecule has 14 heteroatoms. The number of hydrogen-bond acceptors (Lipinski definition) is 11. The molecule has 4 heterocycles. The molecule has 0 aliphatic carbocycles. The van der Waals surface area contributed by atoms with E-state index in [4.69, 9.17) is 14.6 Å². The predicted octanol–water partition coefficient (Wildman–Crippen LogP) is 2.61. The zero-order valence-corrected chi connectivity index (χ0v) is 22.2. The smallest absolute Gasteiger partial charge is 0.290 e. The molecule has 1 unspecified atom stereocenters. The van der Waals surface area contributed by atoms with E-state index in [2.05, 4.69) is 54.9 Å². The Morgan fingerprint density at radius 3 is 2.87 bits per heavy atom. The molecule has 0 saturated carbocycles. The summed E-state index contributed by atoms with van der Waals surface area (Å²) in [6, 6.07) is 5.94. The van der Waals surface area contributed by atoms with E-state index in [1.54, 1.807) is 25.1 Å². The van der Waals surface area contributed by atoms with Crippen LogP contribution in [0.15, 0.2) is 30.7 Å². The minimum Gasteiger partial charge on any atom is -0.489 e. The Balaban J connectivity index is 0.00000112. The van der Waals surface area contributed by atoms with Crippen LogP contribution in [0.3, 0.4) is 0 Å². The summed E-state index contributed by atoms with van der Waals surface area (Å²) in [5, 5.41) is 34.3. The molecule has 13 nitrogen and oxygen atoms in total. The molecule has 0 bridgehead atoms. The van der Waals surface area contributed by atoms with E-state index in [1.807, 2.05) is 0 Å². The fourth-order valence-electron chi connectivity index (χ4n) is 5.35. The van der Waals surface area contributed by atoms with Crippen molar-refractivity contribution in [1.82, 2.24) is 35.1 Å². The number of aliphatic hydroxyl groups is 1. The standard InChI is InChI=1S/C24H32FN9O2.CH2O2/c1-15(35)13-36-21-7-6-16(10-20(21)34-14-27-31-32-34)29-23-26-12-19(25)22(30-23)28-17-9-18-5-4-8-33(18)24(2,3)11-17;2-1-3/h6-7,10,12,14-15,17-18,35H,4-5,8-9,11,13H2,1-3H3,(H2,26,28,29,30);1H,(H,2,3)/t15?,17-,18+;/m1./s1. The molecule has 5 rings (SSSR count). The number of benzene rings is 1. The van der Waals surface area contributed by atoms with Gasteiger partial charge in [0.25, 0.3) is 6.47 Å². The lowest BCUT2D eigenvalue weighted by Gasteiger charge is -2.47. The molecule has 39 heavy (non-hydrogen) atoms. The molecule has 2 saturated heterocycles. The second-order valence-electron chi connectivity index (χ2n) is 10.3. The van der Waals surface area contributed by atoms with Gasteiger partial charge in [0.1, 0.15) is 24.4 Å². The van der Waals surface area contributed by atoms with Crippen molar-refractivity contribution < 1.29 is 24.1 Å². The Bertz CT molecular complexity index is 1240. The number of carboxylic acid groups (broad SMARTS) is 1. The molecule has 2 aliphatic rings. The predicted molar refractivity (Wildman–Crippen MR) is 141 cm³/mol. The Morgan fingerprint density at radius 2 is 2.15 bits per heavy atom. The van der Waals surface area contributed by atoms with E-state index < -0.39 is 11.9 Å². The van der Waals surface area contributed by atoms with Crippen LogP contribution in [0, 0.1) is 5.82 Å². The van der Waals surface area contributed by atoms with E-state index >= 15 is 0 Å². The van der Waals surface area contributed by atoms with Crippen molar-refractivity contribution in [1.29, 1.82) is 0 Å². The lowest BCUT2D eigenvalue weighted by atomic mass is 9.84. The van der Waals surface area contributed by atoms with Crippen LogP contribution < -0.4 is 15.4 Å². The normalized spacial score (nSPS) is 20.7. The van der Waals surface area contributed by atoms with Crippen molar-refractivity contribution >= 4 is 23.9 Å². The summed E-state index contributed by atoms with van der Waals surface area (Å²) in [6.07, 6.45) is 6.28. The van der Waals surface area contributed by atoms with Crippen LogP contribution in [-0.2, 0) is 4.79 Å². The fraction of sp³-hybridized carbons (Fsp3) is 0.520. The minimum absolute atomic E-state index is 0.0614. The quantitative estimate of drug-likeness (QED) is 0.308. The monoisotopic (exact) mass is 543 g/mol. The van der Waals surface area contributed by atoms with Crippen molar-refractivity contribution in [2.75, 3.05) is 23.8 Å². The molecule has 4 N–H and O–H groups in total. The van der Waals surface area contributed by atoms with Crippen LogP contribution in [0.4, 0.5) is 21.8 Å². The van der Waals surface area contributed by atoms with Gasteiger partial charge >= 0.3 is 0 Å². The van der Waals surface area contributed by atoms with Gasteiger partial charge in [0.05, 0.1) is 12.3 Å². The maximum atomic E-state index is 14.7. The van der Waals surface area contributed by atoms with Crippen LogP contribution in [0.2, 0.25) is 0 Å². The van der Waals surface area contributed by atoms with Crippen molar-refractivity contribution in [3.05, 3.63) is 36.5 Å². The number of ether oxygens (including phenoxy) is 1. The third-order valence-corrected chi connectivity index (χ3v) is 6.83. The lowest BCUT2D eigenvalue weighted by Crippen LogP contribution is -2.55. The fourth-order valence-corrected chi connectivity index (χ4v) is 5.35. The zero-order valence-electron chi connectivity index (χ0n) is 22.2. The zero-order chi connectivity index (χ0) is 28.0. The first kappa shape index (κ1) is 28.1. The van der Waals surface area contributed by atoms with Crippen LogP contribution in [-0.4, -0.2) is 88.6 Å². The van der Waals surface area contributed by atoms with Gasteiger partial charge in [-0.25, -0.2) is 9.37 Å². The number of halogens is 1. The number of hydrogen-bond donors (Lipinski definition) is 4. The number of nitrogens with one attached hydrogen (secondary N) is 2. The number of rotatable bonds is 8. The highest BCUT2D eigenvalue weighted by atomic mass is 19.1. The average Bonchev–Trinajstić information content (AvgIpc) is 3.58. The molecule has 1 aromatic carbocycles. The van der Waals surface area contributed by atoms with Gasteiger partial charge in [-0.1, -0.05) is 0 Å². The highest BCUT2D eigenvalue weighted by molar-refractivity contribution is 5.62. The van der Waals surface area contributed by atoms with Crippen LogP contribution in [0.25, 0.3) is 5.69 Å². The Labute approximate surface area is 225 Å². The Morgan fingerprint density at radius 1 is 1.36 bits per heavy atom. The topological polar surface area (TPSA) is 163 Å². The largest absolute Gasteiger partial charge is 0.489 e. The second-order valence-corrected chi connectivity index (χ2v) is 10.3. The summed E-state index contributed by atoms with van der Waals surface area (Å²) in [6.45, 7) is 7.17. The van der Waals surface area contributed by atoms with Gasteiger partial charge in [-0.3, -0.25) is 9.69 Å². The lowest BCUT2D eigenvalue weighted by molar-refractivity contribution is -0.122. The van der Waals surface area contributed by atoms with Crippen molar-refractivity contribution in [2.45, 2.75) is 70.2 Å². The molecule has 2 aliphatic heterocycles. The first-order chi connectivity index (χ1) is 18.7. The molecule has 0 radical (unpaired) electrons. The molecule has 3 aromatic rings. The van der Waals surface area contributed by atoms with Gasteiger partial charge in [-0.2, -0.15) is 9.67 Å². The number of nitrogens with zero attached hydrogens (tertiary/aromatic N) is 7. The van der Waals surface area contributed by atoms with Crippen LogP contribution in [0.1, 0.15) is 46.5 Å². The van der Waals surface area contributed by atoms with Crippen molar-refractivity contribution in [2.24, 2.45) is 0 Å². The molecule has 0 spiro atoms. The first-order valence-corrected chi connectivity index (χ1v) is 12.8. The summed E-state index contributed by atoms with van der Waals surface area (Å²) in [5.74, 6) is 0.467. The average molecular weight is 544 g/mol. The van der Waals surface area contributed by atoms with E-state index in [0.29, 0.717) is 23.2 Å². The van der Waals surface area contributed by atoms with Gasteiger partial charge in [-0.05, 0) is 81.6 Å². The summed E-state index contributed by atoms with van der Waals surface area (Å²) in [5.41, 5.74) is 1.27. The molecular formula is C25H34FN9O4.